The van der Waals surface area contributed by atoms with Crippen LogP contribution in [0.25, 0.3) is 0 Å². The van der Waals surface area contributed by atoms with Crippen molar-refractivity contribution in [3.63, 3.8) is 0 Å². The molecule has 1 aliphatic heterocycles. The Labute approximate surface area is 108 Å². The summed E-state index contributed by atoms with van der Waals surface area (Å²) in [6.07, 6.45) is 1.42. The molecule has 0 radical (unpaired) electrons. The van der Waals surface area contributed by atoms with Gasteiger partial charge >= 0.3 is 0 Å². The summed E-state index contributed by atoms with van der Waals surface area (Å²) >= 11 is 0. The molecule has 1 aromatic rings. The number of rotatable bonds is 2. The minimum absolute atomic E-state index is 0.0241. The number of nitrogens with two attached hydrogens (primary N) is 1. The number of carbonyl (C=O) groups is 1. The molecule has 1 amide bonds. The molecule has 4 N–H and O–H groups in total. The van der Waals surface area contributed by atoms with Gasteiger partial charge in [-0.25, -0.2) is 0 Å². The van der Waals surface area contributed by atoms with Crippen LogP contribution in [0.4, 0.5) is 5.69 Å². The van der Waals surface area contributed by atoms with Crippen molar-refractivity contribution in [2.45, 2.75) is 18.9 Å². The summed E-state index contributed by atoms with van der Waals surface area (Å²) in [6, 6.07) is 4.72. The second-order valence-corrected chi connectivity index (χ2v) is 6.04. The van der Waals surface area contributed by atoms with Crippen LogP contribution in [0.1, 0.15) is 23.2 Å². The van der Waals surface area contributed by atoms with Gasteiger partial charge < -0.3 is 16.2 Å². The van der Waals surface area contributed by atoms with E-state index < -0.39 is 10.8 Å². The van der Waals surface area contributed by atoms with Gasteiger partial charge in [0.1, 0.15) is 0 Å². The van der Waals surface area contributed by atoms with Crippen LogP contribution in [-0.4, -0.2) is 32.8 Å². The number of phenols is 1. The zero-order chi connectivity index (χ0) is 13.1. The van der Waals surface area contributed by atoms with E-state index in [0.29, 0.717) is 24.3 Å². The number of nitrogen functional groups attached to an aromatic ring is 1. The highest BCUT2D eigenvalue weighted by molar-refractivity contribution is 7.85. The summed E-state index contributed by atoms with van der Waals surface area (Å²) < 4.78 is 11.2. The molecule has 0 bridgehead atoms. The molecule has 0 saturated carbocycles. The number of nitrogens with one attached hydrogen (secondary N) is 1. The van der Waals surface area contributed by atoms with Crippen LogP contribution in [-0.2, 0) is 10.8 Å². The topological polar surface area (TPSA) is 92.4 Å². The van der Waals surface area contributed by atoms with Gasteiger partial charge in [-0.2, -0.15) is 0 Å². The predicted octanol–water partition coefficient (Wildman–Crippen LogP) is 0.615. The van der Waals surface area contributed by atoms with Crippen molar-refractivity contribution in [2.75, 3.05) is 17.2 Å². The Morgan fingerprint density at radius 1 is 1.39 bits per heavy atom. The molecular weight excluding hydrogens is 252 g/mol. The second kappa shape index (κ2) is 5.39. The quantitative estimate of drug-likeness (QED) is 0.541. The average molecular weight is 268 g/mol. The van der Waals surface area contributed by atoms with E-state index in [4.69, 9.17) is 5.73 Å². The number of amides is 1. The molecule has 5 nitrogen and oxygen atoms in total. The number of aromatic hydroxyl groups is 1. The normalized spacial score (nSPS) is 23.6. The molecule has 0 aromatic heterocycles. The summed E-state index contributed by atoms with van der Waals surface area (Å²) in [5.41, 5.74) is 5.91. The van der Waals surface area contributed by atoms with E-state index in [0.717, 1.165) is 0 Å². The Balaban J connectivity index is 2.03. The summed E-state index contributed by atoms with van der Waals surface area (Å²) in [5, 5.41) is 12.5. The molecule has 2 rings (SSSR count). The molecule has 0 atom stereocenters. The molecule has 6 heteroatoms. The Morgan fingerprint density at radius 3 is 2.72 bits per heavy atom. The monoisotopic (exact) mass is 268 g/mol. The lowest BCUT2D eigenvalue weighted by Crippen LogP contribution is -2.39. The van der Waals surface area contributed by atoms with Gasteiger partial charge in [0.25, 0.3) is 5.91 Å². The third kappa shape index (κ3) is 2.81. The molecule has 18 heavy (non-hydrogen) atoms. The van der Waals surface area contributed by atoms with Gasteiger partial charge in [-0.05, 0) is 25.0 Å². The van der Waals surface area contributed by atoms with Crippen LogP contribution in [0.2, 0.25) is 0 Å². The van der Waals surface area contributed by atoms with Crippen molar-refractivity contribution in [3.05, 3.63) is 23.8 Å². The Morgan fingerprint density at radius 2 is 2.06 bits per heavy atom. The number of hydrogen-bond donors (Lipinski definition) is 3. The maximum Gasteiger partial charge on any atom is 0.255 e. The first-order chi connectivity index (χ1) is 8.58. The van der Waals surface area contributed by atoms with Crippen molar-refractivity contribution in [1.82, 2.24) is 5.32 Å². The van der Waals surface area contributed by atoms with Crippen LogP contribution >= 0.6 is 0 Å². The lowest BCUT2D eigenvalue weighted by Gasteiger charge is -2.22. The van der Waals surface area contributed by atoms with Crippen LogP contribution in [0.5, 0.6) is 5.75 Å². The number of phenolic OH excluding ortho intramolecular Hbond substituents is 1. The molecule has 0 spiro atoms. The number of hydrogen-bond acceptors (Lipinski definition) is 4. The van der Waals surface area contributed by atoms with E-state index in [2.05, 4.69) is 5.32 Å². The number of anilines is 1. The van der Waals surface area contributed by atoms with Gasteiger partial charge in [0, 0.05) is 28.3 Å². The fraction of sp³-hybridized carbons (Fsp3) is 0.417. The Bertz CT molecular complexity index is 480. The van der Waals surface area contributed by atoms with Gasteiger partial charge in [0.15, 0.2) is 5.75 Å². The summed E-state index contributed by atoms with van der Waals surface area (Å²) in [5.74, 6) is 0.716. The number of para-hydroxylation sites is 1. The molecule has 0 unspecified atom stereocenters. The van der Waals surface area contributed by atoms with E-state index in [1.165, 1.54) is 12.1 Å². The minimum atomic E-state index is -0.749. The molecule has 1 aromatic carbocycles. The van der Waals surface area contributed by atoms with Crippen LogP contribution in [0.3, 0.4) is 0 Å². The lowest BCUT2D eigenvalue weighted by molar-refractivity contribution is 0.0932. The van der Waals surface area contributed by atoms with E-state index >= 15 is 0 Å². The molecule has 1 heterocycles. The van der Waals surface area contributed by atoms with Gasteiger partial charge in [0.2, 0.25) is 0 Å². The minimum Gasteiger partial charge on any atom is -0.505 e. The first-order valence-corrected chi connectivity index (χ1v) is 7.30. The highest BCUT2D eigenvalue weighted by atomic mass is 32.2. The largest absolute Gasteiger partial charge is 0.505 e. The highest BCUT2D eigenvalue weighted by Crippen LogP contribution is 2.24. The zero-order valence-corrected chi connectivity index (χ0v) is 10.7. The van der Waals surface area contributed by atoms with Crippen molar-refractivity contribution in [1.29, 1.82) is 0 Å². The van der Waals surface area contributed by atoms with Crippen LogP contribution in [0.15, 0.2) is 18.2 Å². The number of carbonyl (C=O) groups excluding carboxylic acids is 1. The predicted molar refractivity (Wildman–Crippen MR) is 70.9 cm³/mol. The highest BCUT2D eigenvalue weighted by Gasteiger charge is 2.21. The van der Waals surface area contributed by atoms with Crippen molar-refractivity contribution in [3.8, 4) is 5.75 Å². The smallest absolute Gasteiger partial charge is 0.255 e. The average Bonchev–Trinajstić information content (AvgIpc) is 2.35. The van der Waals surface area contributed by atoms with Gasteiger partial charge in [-0.15, -0.1) is 0 Å². The van der Waals surface area contributed by atoms with Crippen LogP contribution in [0, 0.1) is 0 Å². The third-order valence-electron chi connectivity index (χ3n) is 3.04. The van der Waals surface area contributed by atoms with Crippen molar-refractivity contribution >= 4 is 22.4 Å². The SMILES string of the molecule is Nc1cccc(C(=O)NC2CCS(=O)CC2)c1O. The van der Waals surface area contributed by atoms with E-state index in [1.807, 2.05) is 0 Å². The lowest BCUT2D eigenvalue weighted by atomic mass is 10.1. The fourth-order valence-corrected chi connectivity index (χ4v) is 3.24. The fourth-order valence-electron chi connectivity index (χ4n) is 1.95. The number of benzene rings is 1. The summed E-state index contributed by atoms with van der Waals surface area (Å²) in [6.45, 7) is 0. The van der Waals surface area contributed by atoms with Crippen molar-refractivity contribution in [2.24, 2.45) is 0 Å². The van der Waals surface area contributed by atoms with E-state index in [-0.39, 0.29) is 28.9 Å². The van der Waals surface area contributed by atoms with Crippen LogP contribution < -0.4 is 11.1 Å². The van der Waals surface area contributed by atoms with E-state index in [9.17, 15) is 14.1 Å². The molecule has 1 saturated heterocycles. The second-order valence-electron chi connectivity index (χ2n) is 4.34. The van der Waals surface area contributed by atoms with Crippen molar-refractivity contribution < 1.29 is 14.1 Å². The van der Waals surface area contributed by atoms with Gasteiger partial charge in [-0.1, -0.05) is 6.07 Å². The third-order valence-corrected chi connectivity index (χ3v) is 4.42. The molecular formula is C12H16N2O3S. The standard InChI is InChI=1S/C12H16N2O3S/c13-10-3-1-2-9(11(10)15)12(16)14-8-4-6-18(17)7-5-8/h1-3,8,15H,4-7,13H2,(H,14,16). The van der Waals surface area contributed by atoms with Gasteiger partial charge in [-0.3, -0.25) is 9.00 Å². The first-order valence-electron chi connectivity index (χ1n) is 5.81. The molecule has 1 aliphatic rings. The molecule has 0 aliphatic carbocycles. The zero-order valence-electron chi connectivity index (χ0n) is 9.89. The maximum atomic E-state index is 12.0. The van der Waals surface area contributed by atoms with E-state index in [1.54, 1.807) is 6.07 Å². The first kappa shape index (κ1) is 12.9. The van der Waals surface area contributed by atoms with Gasteiger partial charge in [0.05, 0.1) is 11.3 Å². The molecule has 98 valence electrons. The molecule has 1 fully saturated rings. The maximum absolute atomic E-state index is 12.0. The Hall–Kier alpha value is -1.56. The summed E-state index contributed by atoms with van der Waals surface area (Å²) in [7, 11) is -0.749. The summed E-state index contributed by atoms with van der Waals surface area (Å²) in [4.78, 5) is 12.0. The Kier molecular flexibility index (Phi) is 3.86.